The smallest absolute Gasteiger partial charge is 0.238 e. The van der Waals surface area contributed by atoms with Gasteiger partial charge in [-0.05, 0) is 38.9 Å². The molecule has 1 aromatic rings. The Labute approximate surface area is 102 Å². The average molecular weight is 236 g/mol. The van der Waals surface area contributed by atoms with Gasteiger partial charge in [0.05, 0.1) is 0 Å². The third-order valence-corrected chi connectivity index (χ3v) is 2.69. The van der Waals surface area contributed by atoms with Crippen molar-refractivity contribution >= 4 is 5.91 Å². The maximum Gasteiger partial charge on any atom is 0.238 e. The van der Waals surface area contributed by atoms with Gasteiger partial charge in [0.15, 0.2) is 0 Å². The lowest BCUT2D eigenvalue weighted by Crippen LogP contribution is -2.43. The fourth-order valence-corrected chi connectivity index (χ4v) is 1.87. The Morgan fingerprint density at radius 2 is 1.88 bits per heavy atom. The molecule has 0 heterocycles. The minimum Gasteiger partial charge on any atom is -0.491 e. The molecular weight excluding hydrogens is 216 g/mol. The SMILES string of the molecule is CNC(COc1c(C)cc(C)cc1C)C(N)=O. The summed E-state index contributed by atoms with van der Waals surface area (Å²) in [6.07, 6.45) is 0. The molecule has 0 radical (unpaired) electrons. The van der Waals surface area contributed by atoms with E-state index in [4.69, 9.17) is 10.5 Å². The first-order valence-corrected chi connectivity index (χ1v) is 5.63. The highest BCUT2D eigenvalue weighted by Gasteiger charge is 2.14. The van der Waals surface area contributed by atoms with Crippen molar-refractivity contribution < 1.29 is 9.53 Å². The number of carbonyl (C=O) groups excluding carboxylic acids is 1. The molecule has 0 aromatic heterocycles. The number of ether oxygens (including phenoxy) is 1. The number of aryl methyl sites for hydroxylation is 3. The van der Waals surface area contributed by atoms with Crippen LogP contribution in [0.25, 0.3) is 0 Å². The third kappa shape index (κ3) is 3.46. The van der Waals surface area contributed by atoms with Crippen LogP contribution in [0.4, 0.5) is 0 Å². The van der Waals surface area contributed by atoms with Crippen LogP contribution in [0, 0.1) is 20.8 Å². The number of primary amides is 1. The summed E-state index contributed by atoms with van der Waals surface area (Å²) in [6.45, 7) is 6.28. The first-order valence-electron chi connectivity index (χ1n) is 5.63. The van der Waals surface area contributed by atoms with E-state index in [0.29, 0.717) is 0 Å². The van der Waals surface area contributed by atoms with Crippen molar-refractivity contribution in [1.29, 1.82) is 0 Å². The van der Waals surface area contributed by atoms with E-state index >= 15 is 0 Å². The van der Waals surface area contributed by atoms with Crippen molar-refractivity contribution in [3.63, 3.8) is 0 Å². The number of hydrogen-bond acceptors (Lipinski definition) is 3. The first kappa shape index (κ1) is 13.5. The maximum absolute atomic E-state index is 11.1. The number of likely N-dealkylation sites (N-methyl/N-ethyl adjacent to an activating group) is 1. The molecule has 0 aliphatic heterocycles. The summed E-state index contributed by atoms with van der Waals surface area (Å²) in [5, 5.41) is 2.82. The van der Waals surface area contributed by atoms with Crippen LogP contribution in [-0.4, -0.2) is 25.6 Å². The zero-order chi connectivity index (χ0) is 13.0. The molecule has 4 nitrogen and oxygen atoms in total. The highest BCUT2D eigenvalue weighted by molar-refractivity contribution is 5.80. The molecule has 0 saturated carbocycles. The normalized spacial score (nSPS) is 12.2. The van der Waals surface area contributed by atoms with Gasteiger partial charge in [-0.25, -0.2) is 0 Å². The van der Waals surface area contributed by atoms with Crippen molar-refractivity contribution in [3.8, 4) is 5.75 Å². The van der Waals surface area contributed by atoms with Gasteiger partial charge in [0.1, 0.15) is 18.4 Å². The Morgan fingerprint density at radius 1 is 1.35 bits per heavy atom. The van der Waals surface area contributed by atoms with E-state index in [0.717, 1.165) is 16.9 Å². The Kier molecular flexibility index (Phi) is 4.52. The molecular formula is C13H20N2O2. The zero-order valence-electron chi connectivity index (χ0n) is 10.8. The number of benzene rings is 1. The van der Waals surface area contributed by atoms with Gasteiger partial charge in [-0.15, -0.1) is 0 Å². The summed E-state index contributed by atoms with van der Waals surface area (Å²) >= 11 is 0. The fraction of sp³-hybridized carbons (Fsp3) is 0.462. The van der Waals surface area contributed by atoms with Gasteiger partial charge in [-0.1, -0.05) is 17.7 Å². The summed E-state index contributed by atoms with van der Waals surface area (Å²) in [7, 11) is 1.69. The molecule has 0 aliphatic rings. The van der Waals surface area contributed by atoms with Crippen LogP contribution in [0.3, 0.4) is 0 Å². The van der Waals surface area contributed by atoms with E-state index in [-0.39, 0.29) is 6.61 Å². The van der Waals surface area contributed by atoms with E-state index in [9.17, 15) is 4.79 Å². The Hall–Kier alpha value is -1.55. The van der Waals surface area contributed by atoms with E-state index in [1.54, 1.807) is 7.05 Å². The molecule has 17 heavy (non-hydrogen) atoms. The van der Waals surface area contributed by atoms with Gasteiger partial charge < -0.3 is 15.8 Å². The summed E-state index contributed by atoms with van der Waals surface area (Å²) in [4.78, 5) is 11.1. The monoisotopic (exact) mass is 236 g/mol. The molecule has 1 unspecified atom stereocenters. The molecule has 94 valence electrons. The quantitative estimate of drug-likeness (QED) is 0.803. The van der Waals surface area contributed by atoms with Crippen molar-refractivity contribution in [1.82, 2.24) is 5.32 Å². The van der Waals surface area contributed by atoms with Gasteiger partial charge in [0.25, 0.3) is 0 Å². The fourth-order valence-electron chi connectivity index (χ4n) is 1.87. The summed E-state index contributed by atoms with van der Waals surface area (Å²) < 4.78 is 5.67. The van der Waals surface area contributed by atoms with E-state index in [2.05, 4.69) is 17.4 Å². The number of amides is 1. The third-order valence-electron chi connectivity index (χ3n) is 2.69. The van der Waals surface area contributed by atoms with Crippen molar-refractivity contribution in [3.05, 3.63) is 28.8 Å². The van der Waals surface area contributed by atoms with Gasteiger partial charge in [-0.3, -0.25) is 4.79 Å². The van der Waals surface area contributed by atoms with Crippen molar-refractivity contribution in [2.45, 2.75) is 26.8 Å². The van der Waals surface area contributed by atoms with Crippen LogP contribution in [0.15, 0.2) is 12.1 Å². The van der Waals surface area contributed by atoms with E-state index in [1.165, 1.54) is 5.56 Å². The van der Waals surface area contributed by atoms with Gasteiger partial charge >= 0.3 is 0 Å². The topological polar surface area (TPSA) is 64.3 Å². The molecule has 1 atom stereocenters. The summed E-state index contributed by atoms with van der Waals surface area (Å²) in [5.74, 6) is 0.423. The zero-order valence-corrected chi connectivity index (χ0v) is 10.8. The van der Waals surface area contributed by atoms with Crippen molar-refractivity contribution in [2.24, 2.45) is 5.73 Å². The van der Waals surface area contributed by atoms with Gasteiger partial charge in [0, 0.05) is 0 Å². The second-order valence-corrected chi connectivity index (χ2v) is 4.28. The van der Waals surface area contributed by atoms with Crippen LogP contribution >= 0.6 is 0 Å². The van der Waals surface area contributed by atoms with Crippen LogP contribution < -0.4 is 15.8 Å². The number of hydrogen-bond donors (Lipinski definition) is 2. The Balaban J connectivity index is 2.79. The summed E-state index contributed by atoms with van der Waals surface area (Å²) in [6, 6.07) is 3.65. The van der Waals surface area contributed by atoms with E-state index < -0.39 is 11.9 Å². The maximum atomic E-state index is 11.1. The lowest BCUT2D eigenvalue weighted by molar-refractivity contribution is -0.120. The molecule has 4 heteroatoms. The average Bonchev–Trinajstić information content (AvgIpc) is 2.21. The molecule has 1 rings (SSSR count). The van der Waals surface area contributed by atoms with Crippen LogP contribution in [0.5, 0.6) is 5.75 Å². The lowest BCUT2D eigenvalue weighted by Gasteiger charge is -2.17. The second-order valence-electron chi connectivity index (χ2n) is 4.28. The Morgan fingerprint density at radius 3 is 2.29 bits per heavy atom. The summed E-state index contributed by atoms with van der Waals surface area (Å²) in [5.41, 5.74) is 8.57. The Bertz CT molecular complexity index is 393. The van der Waals surface area contributed by atoms with Crippen LogP contribution in [0.1, 0.15) is 16.7 Å². The van der Waals surface area contributed by atoms with Crippen LogP contribution in [-0.2, 0) is 4.79 Å². The number of nitrogens with two attached hydrogens (primary N) is 1. The highest BCUT2D eigenvalue weighted by atomic mass is 16.5. The molecule has 0 saturated heterocycles. The van der Waals surface area contributed by atoms with Crippen molar-refractivity contribution in [2.75, 3.05) is 13.7 Å². The molecule has 0 spiro atoms. The predicted octanol–water partition coefficient (Wildman–Crippen LogP) is 1.06. The number of carbonyl (C=O) groups is 1. The predicted molar refractivity (Wildman–Crippen MR) is 68.2 cm³/mol. The van der Waals surface area contributed by atoms with E-state index in [1.807, 2.05) is 20.8 Å². The number of nitrogens with one attached hydrogen (secondary N) is 1. The molecule has 0 bridgehead atoms. The van der Waals surface area contributed by atoms with Gasteiger partial charge in [0.2, 0.25) is 5.91 Å². The largest absolute Gasteiger partial charge is 0.491 e. The minimum absolute atomic E-state index is 0.247. The molecule has 0 fully saturated rings. The molecule has 1 amide bonds. The minimum atomic E-state index is -0.463. The number of rotatable bonds is 5. The second kappa shape index (κ2) is 5.68. The molecule has 3 N–H and O–H groups in total. The molecule has 0 aliphatic carbocycles. The standard InChI is InChI=1S/C13H20N2O2/c1-8-5-9(2)12(10(3)6-8)17-7-11(15-4)13(14)16/h5-6,11,15H,7H2,1-4H3,(H2,14,16). The van der Waals surface area contributed by atoms with Crippen LogP contribution in [0.2, 0.25) is 0 Å². The first-order chi connectivity index (χ1) is 7.95. The molecule has 1 aromatic carbocycles. The lowest BCUT2D eigenvalue weighted by atomic mass is 10.1. The van der Waals surface area contributed by atoms with Gasteiger partial charge in [-0.2, -0.15) is 0 Å². The highest BCUT2D eigenvalue weighted by Crippen LogP contribution is 2.24.